The highest BCUT2D eigenvalue weighted by Crippen LogP contribution is 2.40. The Hall–Kier alpha value is -3.53. The maximum Gasteiger partial charge on any atom is 0.422 e. The van der Waals surface area contributed by atoms with Gasteiger partial charge in [-0.05, 0) is 55.3 Å². The van der Waals surface area contributed by atoms with Gasteiger partial charge in [0.1, 0.15) is 17.4 Å². The van der Waals surface area contributed by atoms with Gasteiger partial charge in [0, 0.05) is 53.3 Å². The van der Waals surface area contributed by atoms with E-state index in [0.717, 1.165) is 12.1 Å². The lowest BCUT2D eigenvalue weighted by atomic mass is 9.92. The number of hydrogen-bond acceptors (Lipinski definition) is 4. The number of amides is 1. The number of hydrogen-bond donors (Lipinski definition) is 0. The van der Waals surface area contributed by atoms with Gasteiger partial charge in [0.2, 0.25) is 0 Å². The zero-order chi connectivity index (χ0) is 25.4. The van der Waals surface area contributed by atoms with E-state index >= 15 is 0 Å². The first-order valence-corrected chi connectivity index (χ1v) is 11.4. The smallest absolute Gasteiger partial charge is 0.422 e. The van der Waals surface area contributed by atoms with Gasteiger partial charge in [-0.1, -0.05) is 0 Å². The van der Waals surface area contributed by atoms with Crippen molar-refractivity contribution < 1.29 is 36.2 Å². The fourth-order valence-electron chi connectivity index (χ4n) is 4.54. The Kier molecular flexibility index (Phi) is 6.38. The van der Waals surface area contributed by atoms with E-state index in [1.54, 1.807) is 6.07 Å². The fraction of sp³-hybridized carbons (Fsp3) is 0.308. The molecule has 0 atom stereocenters. The highest BCUT2D eigenvalue weighted by atomic mass is 19.4. The molecule has 0 unspecified atom stereocenters. The molecule has 1 fully saturated rings. The molecular weight excluding hydrogens is 483 g/mol. The number of aromatic nitrogens is 1. The lowest BCUT2D eigenvalue weighted by Gasteiger charge is -2.23. The largest absolute Gasteiger partial charge is 0.483 e. The van der Waals surface area contributed by atoms with Gasteiger partial charge in [0.05, 0.1) is 12.2 Å². The molecule has 2 aliphatic rings. The number of alkyl halides is 3. The van der Waals surface area contributed by atoms with Crippen molar-refractivity contribution in [2.75, 3.05) is 24.7 Å². The minimum atomic E-state index is -4.63. The predicted molar refractivity (Wildman–Crippen MR) is 121 cm³/mol. The Balaban J connectivity index is 1.63. The molecular formula is C26H21F5N2O3. The normalized spacial score (nSPS) is 16.4. The monoisotopic (exact) mass is 504 g/mol. The Labute approximate surface area is 203 Å². The number of carbonyl (C=O) groups is 1. The second-order valence-corrected chi connectivity index (χ2v) is 8.72. The summed E-state index contributed by atoms with van der Waals surface area (Å²) >= 11 is 0. The van der Waals surface area contributed by atoms with Crippen LogP contribution in [0.5, 0.6) is 5.75 Å². The standard InChI is InChI=1S/C26H21F5N2O3/c27-16-1-4-18(5-2-16)33-13-21-20(25(33)34)12-22(15-7-9-35-10-8-15)32-24(21)19-6-3-17(28)11-23(19)36-14-26(29,30)31/h1-6,11-12,15H,7-10,13-14H2. The van der Waals surface area contributed by atoms with Crippen LogP contribution in [0.2, 0.25) is 0 Å². The van der Waals surface area contributed by atoms with Gasteiger partial charge in [-0.25, -0.2) is 8.78 Å². The van der Waals surface area contributed by atoms with Crippen molar-refractivity contribution >= 4 is 11.6 Å². The molecule has 0 spiro atoms. The van der Waals surface area contributed by atoms with Gasteiger partial charge < -0.3 is 14.4 Å². The number of ether oxygens (including phenoxy) is 2. The summed E-state index contributed by atoms with van der Waals surface area (Å²) in [5, 5.41) is 0. The Morgan fingerprint density at radius 1 is 0.972 bits per heavy atom. The summed E-state index contributed by atoms with van der Waals surface area (Å²) < 4.78 is 76.6. The van der Waals surface area contributed by atoms with Gasteiger partial charge in [-0.3, -0.25) is 9.78 Å². The average molecular weight is 504 g/mol. The first-order valence-electron chi connectivity index (χ1n) is 11.4. The molecule has 3 heterocycles. The summed E-state index contributed by atoms with van der Waals surface area (Å²) in [4.78, 5) is 19.7. The molecule has 2 aliphatic heterocycles. The Morgan fingerprint density at radius 2 is 1.67 bits per heavy atom. The maximum atomic E-state index is 14.0. The van der Waals surface area contributed by atoms with Gasteiger partial charge in [-0.15, -0.1) is 0 Å². The molecule has 36 heavy (non-hydrogen) atoms. The predicted octanol–water partition coefficient (Wildman–Crippen LogP) is 6.02. The van der Waals surface area contributed by atoms with E-state index in [4.69, 9.17) is 14.5 Å². The van der Waals surface area contributed by atoms with Crippen LogP contribution in [0.15, 0.2) is 48.5 Å². The second-order valence-electron chi connectivity index (χ2n) is 8.72. The number of anilines is 1. The van der Waals surface area contributed by atoms with Crippen molar-refractivity contribution in [2.24, 2.45) is 0 Å². The van der Waals surface area contributed by atoms with E-state index in [0.29, 0.717) is 48.6 Å². The fourth-order valence-corrected chi connectivity index (χ4v) is 4.54. The van der Waals surface area contributed by atoms with E-state index in [2.05, 4.69) is 0 Å². The molecule has 1 saturated heterocycles. The SMILES string of the molecule is O=C1c2cc(C3CCOCC3)nc(-c3ccc(F)cc3OCC(F)(F)F)c2CN1c1ccc(F)cc1. The molecule has 0 radical (unpaired) electrons. The third kappa shape index (κ3) is 4.90. The molecule has 0 N–H and O–H groups in total. The number of rotatable bonds is 5. The first kappa shape index (κ1) is 24.2. The number of carbonyl (C=O) groups excluding carboxylic acids is 1. The van der Waals surface area contributed by atoms with Gasteiger partial charge >= 0.3 is 6.18 Å². The van der Waals surface area contributed by atoms with Crippen molar-refractivity contribution in [1.82, 2.24) is 4.98 Å². The quantitative estimate of drug-likeness (QED) is 0.399. The lowest BCUT2D eigenvalue weighted by molar-refractivity contribution is -0.153. The highest BCUT2D eigenvalue weighted by Gasteiger charge is 2.35. The summed E-state index contributed by atoms with van der Waals surface area (Å²) in [5.41, 5.74) is 2.29. The molecule has 0 bridgehead atoms. The molecule has 2 aromatic carbocycles. The van der Waals surface area contributed by atoms with Crippen LogP contribution in [-0.2, 0) is 11.3 Å². The summed E-state index contributed by atoms with van der Waals surface area (Å²) in [6, 6.07) is 10.4. The van der Waals surface area contributed by atoms with Crippen LogP contribution in [0.1, 0.15) is 40.4 Å². The zero-order valence-electron chi connectivity index (χ0n) is 18.9. The topological polar surface area (TPSA) is 51.7 Å². The van der Waals surface area contributed by atoms with Gasteiger partial charge in [-0.2, -0.15) is 13.2 Å². The second kappa shape index (κ2) is 9.50. The van der Waals surface area contributed by atoms with Crippen molar-refractivity contribution in [3.63, 3.8) is 0 Å². The van der Waals surface area contributed by atoms with Gasteiger partial charge in [0.25, 0.3) is 5.91 Å². The van der Waals surface area contributed by atoms with Crippen LogP contribution in [0.25, 0.3) is 11.3 Å². The van der Waals surface area contributed by atoms with Crippen LogP contribution in [0.4, 0.5) is 27.6 Å². The zero-order valence-corrected chi connectivity index (χ0v) is 18.9. The van der Waals surface area contributed by atoms with Crippen molar-refractivity contribution in [1.29, 1.82) is 0 Å². The van der Waals surface area contributed by atoms with Crippen LogP contribution in [-0.4, -0.2) is 36.9 Å². The number of nitrogens with zero attached hydrogens (tertiary/aromatic N) is 2. The van der Waals surface area contributed by atoms with E-state index in [1.165, 1.54) is 35.2 Å². The van der Waals surface area contributed by atoms with E-state index < -0.39 is 24.4 Å². The molecule has 0 saturated carbocycles. The number of halogens is 5. The Morgan fingerprint density at radius 3 is 2.36 bits per heavy atom. The van der Waals surface area contributed by atoms with E-state index in [-0.39, 0.29) is 35.4 Å². The lowest BCUT2D eigenvalue weighted by Crippen LogP contribution is -2.23. The Bertz CT molecular complexity index is 1290. The van der Waals surface area contributed by atoms with Crippen LogP contribution >= 0.6 is 0 Å². The number of pyridine rings is 1. The van der Waals surface area contributed by atoms with Crippen molar-refractivity contribution in [2.45, 2.75) is 31.5 Å². The summed E-state index contributed by atoms with van der Waals surface area (Å²) in [5.74, 6) is -1.90. The van der Waals surface area contributed by atoms with E-state index in [1.807, 2.05) is 0 Å². The minimum absolute atomic E-state index is 0.0181. The number of fused-ring (bicyclic) bond motifs is 1. The highest BCUT2D eigenvalue weighted by molar-refractivity contribution is 6.11. The molecule has 10 heteroatoms. The van der Waals surface area contributed by atoms with Crippen LogP contribution in [0.3, 0.4) is 0 Å². The van der Waals surface area contributed by atoms with Gasteiger partial charge in [0.15, 0.2) is 6.61 Å². The molecule has 1 amide bonds. The maximum absolute atomic E-state index is 14.0. The van der Waals surface area contributed by atoms with Crippen LogP contribution in [0, 0.1) is 11.6 Å². The number of benzene rings is 2. The molecule has 1 aromatic heterocycles. The van der Waals surface area contributed by atoms with Crippen molar-refractivity contribution in [3.05, 3.63) is 77.0 Å². The van der Waals surface area contributed by atoms with E-state index in [9.17, 15) is 26.7 Å². The third-order valence-electron chi connectivity index (χ3n) is 6.30. The average Bonchev–Trinajstić information content (AvgIpc) is 3.19. The first-order chi connectivity index (χ1) is 17.2. The molecule has 3 aromatic rings. The third-order valence-corrected chi connectivity index (χ3v) is 6.30. The van der Waals surface area contributed by atoms with Crippen LogP contribution < -0.4 is 9.64 Å². The van der Waals surface area contributed by atoms with Crippen molar-refractivity contribution in [3.8, 4) is 17.0 Å². The molecule has 5 rings (SSSR count). The summed E-state index contributed by atoms with van der Waals surface area (Å²) in [6.07, 6.45) is -3.29. The molecule has 5 nitrogen and oxygen atoms in total. The summed E-state index contributed by atoms with van der Waals surface area (Å²) in [7, 11) is 0. The molecule has 188 valence electrons. The minimum Gasteiger partial charge on any atom is -0.483 e. The summed E-state index contributed by atoms with van der Waals surface area (Å²) in [6.45, 7) is -0.506. The molecule has 0 aliphatic carbocycles.